The van der Waals surface area contributed by atoms with E-state index in [1.165, 1.54) is 0 Å². The highest BCUT2D eigenvalue weighted by Gasteiger charge is 2.47. The van der Waals surface area contributed by atoms with E-state index in [1.807, 2.05) is 57.1 Å². The van der Waals surface area contributed by atoms with Gasteiger partial charge in [-0.15, -0.1) is 0 Å². The van der Waals surface area contributed by atoms with Gasteiger partial charge in [0.15, 0.2) is 0 Å². The molecule has 0 saturated carbocycles. The van der Waals surface area contributed by atoms with Gasteiger partial charge in [-0.25, -0.2) is 0 Å². The van der Waals surface area contributed by atoms with Crippen LogP contribution in [-0.2, 0) is 14.4 Å². The number of benzene rings is 1. The van der Waals surface area contributed by atoms with Crippen LogP contribution in [0.1, 0.15) is 52.5 Å². The van der Waals surface area contributed by atoms with Crippen LogP contribution < -0.4 is 15.4 Å². The van der Waals surface area contributed by atoms with Gasteiger partial charge in [0.2, 0.25) is 17.7 Å². The predicted molar refractivity (Wildman–Crippen MR) is 136 cm³/mol. The molecule has 3 heterocycles. The van der Waals surface area contributed by atoms with Gasteiger partial charge in [0.05, 0.1) is 6.04 Å². The van der Waals surface area contributed by atoms with Crippen LogP contribution in [0.15, 0.2) is 30.5 Å². The maximum atomic E-state index is 13.8. The second kappa shape index (κ2) is 11.7. The topological polar surface area (TPSA) is 91.0 Å². The average molecular weight is 485 g/mol. The van der Waals surface area contributed by atoms with Crippen LogP contribution in [0, 0.1) is 11.8 Å². The number of hydrogen-bond acceptors (Lipinski definition) is 5. The summed E-state index contributed by atoms with van der Waals surface area (Å²) in [6, 6.07) is 5.58. The lowest BCUT2D eigenvalue weighted by molar-refractivity contribution is -0.145. The predicted octanol–water partition coefficient (Wildman–Crippen LogP) is 2.64. The molecule has 0 aromatic heterocycles. The van der Waals surface area contributed by atoms with E-state index >= 15 is 0 Å². The third-order valence-electron chi connectivity index (χ3n) is 7.35. The lowest BCUT2D eigenvalue weighted by Crippen LogP contribution is -2.60. The van der Waals surface area contributed by atoms with Crippen molar-refractivity contribution in [1.29, 1.82) is 0 Å². The quantitative estimate of drug-likeness (QED) is 0.648. The third-order valence-corrected chi connectivity index (χ3v) is 7.35. The van der Waals surface area contributed by atoms with Crippen molar-refractivity contribution in [3.05, 3.63) is 36.0 Å². The van der Waals surface area contributed by atoms with Gasteiger partial charge < -0.3 is 20.3 Å². The molecule has 0 aliphatic carbocycles. The Bertz CT molecular complexity index is 930. The van der Waals surface area contributed by atoms with Crippen LogP contribution in [0.4, 0.5) is 0 Å². The van der Waals surface area contributed by atoms with Crippen molar-refractivity contribution in [2.24, 2.45) is 11.8 Å². The van der Waals surface area contributed by atoms with Crippen molar-refractivity contribution in [3.63, 3.8) is 0 Å². The Kier molecular flexibility index (Phi) is 8.94. The van der Waals surface area contributed by atoms with Crippen molar-refractivity contribution in [1.82, 2.24) is 20.4 Å². The summed E-state index contributed by atoms with van der Waals surface area (Å²) in [5.41, 5.74) is 0.918. The maximum absolute atomic E-state index is 13.8. The van der Waals surface area contributed by atoms with Crippen LogP contribution in [0.2, 0.25) is 0 Å². The van der Waals surface area contributed by atoms with E-state index in [4.69, 9.17) is 4.74 Å². The number of hydrogen-bond donors (Lipinski definition) is 2. The van der Waals surface area contributed by atoms with Crippen LogP contribution in [0.3, 0.4) is 0 Å². The summed E-state index contributed by atoms with van der Waals surface area (Å²) in [6.07, 6.45) is 4.98. The smallest absolute Gasteiger partial charge is 0.247 e. The molecule has 35 heavy (non-hydrogen) atoms. The molecule has 1 aromatic rings. The summed E-state index contributed by atoms with van der Waals surface area (Å²) < 4.78 is 6.27. The van der Waals surface area contributed by atoms with E-state index < -0.39 is 18.2 Å². The number of likely N-dealkylation sites (N-methyl/N-ethyl adjacent to an activating group) is 1. The zero-order valence-electron chi connectivity index (χ0n) is 21.8. The van der Waals surface area contributed by atoms with Crippen LogP contribution in [0.25, 0.3) is 6.08 Å². The van der Waals surface area contributed by atoms with E-state index in [1.54, 1.807) is 17.2 Å². The average Bonchev–Trinajstić information content (AvgIpc) is 3.25. The van der Waals surface area contributed by atoms with Crippen LogP contribution in [-0.4, -0.2) is 72.4 Å². The minimum absolute atomic E-state index is 0.0838. The fraction of sp³-hybridized carbons (Fsp3) is 0.593. The van der Waals surface area contributed by atoms with Crippen molar-refractivity contribution >= 4 is 23.8 Å². The second-order valence-corrected chi connectivity index (χ2v) is 10.00. The molecular formula is C27H40N4O4. The Morgan fingerprint density at radius 2 is 1.80 bits per heavy atom. The number of nitrogens with zero attached hydrogens (tertiary/aromatic N) is 2. The Labute approximate surface area is 209 Å². The fourth-order valence-electron chi connectivity index (χ4n) is 4.89. The number of amides is 3. The summed E-state index contributed by atoms with van der Waals surface area (Å²) in [6.45, 7) is 8.45. The van der Waals surface area contributed by atoms with E-state index in [9.17, 15) is 14.4 Å². The van der Waals surface area contributed by atoms with Gasteiger partial charge in [-0.05, 0) is 49.7 Å². The Hall–Kier alpha value is -2.87. The zero-order valence-corrected chi connectivity index (χ0v) is 21.8. The molecule has 192 valence electrons. The normalized spacial score (nSPS) is 25.2. The number of rotatable bonds is 6. The standard InChI is InChI=1S/C27H40N4O4/c1-7-17(3)22-25(32)28-15-13-19-9-11-20(12-10-19)35-21-14-16-31(24(21)26(33)29-22)27(34)23(30(5)6)18(4)8-2/h9-13,15,17-18,21-24H,7-8,14,16H2,1-6H3,(H,28,32)(H,29,33)/t17-,18-,21+,22+,23+,24+/m1/s1. The molecule has 3 aliphatic rings. The van der Waals surface area contributed by atoms with Gasteiger partial charge in [-0.3, -0.25) is 19.3 Å². The summed E-state index contributed by atoms with van der Waals surface area (Å²) >= 11 is 0. The molecule has 1 fully saturated rings. The van der Waals surface area contributed by atoms with Gasteiger partial charge in [0.1, 0.15) is 23.9 Å². The monoisotopic (exact) mass is 484 g/mol. The molecule has 4 rings (SSSR count). The Morgan fingerprint density at radius 1 is 1.11 bits per heavy atom. The molecule has 2 bridgehead atoms. The molecule has 2 N–H and O–H groups in total. The van der Waals surface area contributed by atoms with Gasteiger partial charge in [-0.2, -0.15) is 0 Å². The highest BCUT2D eigenvalue weighted by molar-refractivity contribution is 5.94. The van der Waals surface area contributed by atoms with Crippen molar-refractivity contribution in [2.45, 2.75) is 71.2 Å². The lowest BCUT2D eigenvalue weighted by atomic mass is 9.96. The molecule has 8 heteroatoms. The molecule has 6 atom stereocenters. The maximum Gasteiger partial charge on any atom is 0.247 e. The second-order valence-electron chi connectivity index (χ2n) is 10.00. The molecule has 3 aliphatic heterocycles. The molecular weight excluding hydrogens is 444 g/mol. The first-order valence-corrected chi connectivity index (χ1v) is 12.7. The largest absolute Gasteiger partial charge is 0.488 e. The van der Waals surface area contributed by atoms with Crippen molar-refractivity contribution in [2.75, 3.05) is 20.6 Å². The molecule has 8 nitrogen and oxygen atoms in total. The van der Waals surface area contributed by atoms with Gasteiger partial charge in [0.25, 0.3) is 0 Å². The van der Waals surface area contributed by atoms with E-state index in [2.05, 4.69) is 24.5 Å². The van der Waals surface area contributed by atoms with Gasteiger partial charge in [-0.1, -0.05) is 52.7 Å². The van der Waals surface area contributed by atoms with Crippen LogP contribution in [0.5, 0.6) is 5.75 Å². The number of fused-ring (bicyclic) bond motifs is 7. The molecule has 1 aromatic carbocycles. The molecule has 3 amide bonds. The summed E-state index contributed by atoms with van der Waals surface area (Å²) in [5, 5.41) is 5.76. The Balaban J connectivity index is 2.00. The first kappa shape index (κ1) is 26.7. The highest BCUT2D eigenvalue weighted by atomic mass is 16.5. The van der Waals surface area contributed by atoms with Crippen molar-refractivity contribution in [3.8, 4) is 5.75 Å². The first-order chi connectivity index (χ1) is 16.7. The highest BCUT2D eigenvalue weighted by Crippen LogP contribution is 2.28. The van der Waals surface area contributed by atoms with E-state index in [0.717, 1.165) is 12.0 Å². The van der Waals surface area contributed by atoms with Gasteiger partial charge in [0, 0.05) is 19.2 Å². The summed E-state index contributed by atoms with van der Waals surface area (Å²) in [5.74, 6) is -0.0445. The minimum Gasteiger partial charge on any atom is -0.488 e. The number of likely N-dealkylation sites (tertiary alicyclic amines) is 1. The van der Waals surface area contributed by atoms with Gasteiger partial charge >= 0.3 is 0 Å². The van der Waals surface area contributed by atoms with Crippen molar-refractivity contribution < 1.29 is 19.1 Å². The number of nitrogens with one attached hydrogen (secondary N) is 2. The minimum atomic E-state index is -0.827. The number of ether oxygens (including phenoxy) is 1. The zero-order chi connectivity index (χ0) is 25.7. The number of carbonyl (C=O) groups excluding carboxylic acids is 3. The Morgan fingerprint density at radius 3 is 2.40 bits per heavy atom. The molecule has 1 saturated heterocycles. The SMILES string of the molecule is CC[C@@H](C)[C@@H]1NC(=O)[C@@H]2[C@H](CCN2C(=O)[C@H]([C@H](C)CC)N(C)C)Oc2ccc(cc2)C=CNC1=O. The lowest BCUT2D eigenvalue weighted by Gasteiger charge is -2.36. The van der Waals surface area contributed by atoms with E-state index in [0.29, 0.717) is 25.1 Å². The van der Waals surface area contributed by atoms with Crippen LogP contribution >= 0.6 is 0 Å². The fourth-order valence-corrected chi connectivity index (χ4v) is 4.89. The van der Waals surface area contributed by atoms with E-state index in [-0.39, 0.29) is 35.6 Å². The molecule has 0 spiro atoms. The summed E-state index contributed by atoms with van der Waals surface area (Å²) in [4.78, 5) is 44.1. The third kappa shape index (κ3) is 6.04. The first-order valence-electron chi connectivity index (χ1n) is 12.7. The molecule has 0 unspecified atom stereocenters. The molecule has 0 radical (unpaired) electrons. The number of carbonyl (C=O) groups is 3. The summed E-state index contributed by atoms with van der Waals surface area (Å²) in [7, 11) is 3.79.